The number of rotatable bonds is 5. The summed E-state index contributed by atoms with van der Waals surface area (Å²) < 4.78 is 51.6. The van der Waals surface area contributed by atoms with Crippen molar-refractivity contribution in [2.45, 2.75) is 55.9 Å². The number of hydrogen-bond donors (Lipinski definition) is 2. The van der Waals surface area contributed by atoms with Crippen molar-refractivity contribution in [2.24, 2.45) is 0 Å². The van der Waals surface area contributed by atoms with E-state index in [0.717, 1.165) is 51.4 Å². The van der Waals surface area contributed by atoms with Gasteiger partial charge in [-0.25, -0.2) is 17.7 Å². The maximum Gasteiger partial charge on any atom is 0.336 e. The molecule has 4 aromatic rings. The number of aromatic hydroxyl groups is 1. The number of halogens is 3. The number of piperazine rings is 1. The van der Waals surface area contributed by atoms with E-state index < -0.39 is 17.8 Å². The Labute approximate surface area is 234 Å². The van der Waals surface area contributed by atoms with E-state index >= 15 is 4.39 Å². The lowest BCUT2D eigenvalue weighted by Crippen LogP contribution is -2.51. The molecular formula is C30H31F3N6O2. The van der Waals surface area contributed by atoms with Gasteiger partial charge in [-0.1, -0.05) is 6.07 Å². The van der Waals surface area contributed by atoms with Gasteiger partial charge in [0.05, 0.1) is 5.54 Å². The number of ether oxygens (including phenoxy) is 1. The molecule has 41 heavy (non-hydrogen) atoms. The number of nitrogens with zero attached hydrogens (tertiary/aromatic N) is 5. The van der Waals surface area contributed by atoms with Crippen LogP contribution in [0.4, 0.5) is 19.0 Å². The van der Waals surface area contributed by atoms with Gasteiger partial charge >= 0.3 is 6.01 Å². The molecule has 2 aromatic carbocycles. The number of phenolic OH excluding ortho intramolecular Hbond substituents is 1. The maximum atomic E-state index is 15.1. The molecule has 2 aromatic heterocycles. The smallest absolute Gasteiger partial charge is 0.336 e. The molecule has 11 heteroatoms. The summed E-state index contributed by atoms with van der Waals surface area (Å²) in [6.45, 7) is 3.17. The average molecular weight is 565 g/mol. The number of alkyl halides is 1. The Morgan fingerprint density at radius 1 is 1.10 bits per heavy atom. The van der Waals surface area contributed by atoms with E-state index in [1.54, 1.807) is 10.7 Å². The van der Waals surface area contributed by atoms with Gasteiger partial charge in [0, 0.05) is 55.3 Å². The van der Waals surface area contributed by atoms with E-state index in [4.69, 9.17) is 9.72 Å². The minimum absolute atomic E-state index is 0.0501. The summed E-state index contributed by atoms with van der Waals surface area (Å²) in [5.74, 6) is -1.27. The Balaban J connectivity index is 1.23. The molecule has 4 aliphatic heterocycles. The molecule has 0 saturated carbocycles. The molecule has 8 nitrogen and oxygen atoms in total. The van der Waals surface area contributed by atoms with Crippen molar-refractivity contribution in [1.29, 1.82) is 0 Å². The minimum Gasteiger partial charge on any atom is -0.508 e. The molecule has 4 atom stereocenters. The molecule has 2 N–H and O–H groups in total. The quantitative estimate of drug-likeness (QED) is 0.372. The first-order chi connectivity index (χ1) is 19.8. The van der Waals surface area contributed by atoms with Gasteiger partial charge in [0.25, 0.3) is 0 Å². The Morgan fingerprint density at radius 2 is 1.93 bits per heavy atom. The van der Waals surface area contributed by atoms with Crippen molar-refractivity contribution in [3.05, 3.63) is 48.2 Å². The third-order valence-electron chi connectivity index (χ3n) is 9.47. The van der Waals surface area contributed by atoms with Gasteiger partial charge in [-0.05, 0) is 67.4 Å². The first kappa shape index (κ1) is 25.2. The van der Waals surface area contributed by atoms with E-state index in [1.165, 1.54) is 18.2 Å². The number of fused-ring (bicyclic) bond motifs is 5. The molecule has 2 unspecified atom stereocenters. The van der Waals surface area contributed by atoms with Crippen LogP contribution >= 0.6 is 0 Å². The normalized spacial score (nSPS) is 27.8. The summed E-state index contributed by atoms with van der Waals surface area (Å²) in [6.07, 6.45) is 5.41. The predicted octanol–water partition coefficient (Wildman–Crippen LogP) is 4.43. The molecule has 214 valence electrons. The fraction of sp³-hybridized carbons (Fsp3) is 0.467. The van der Waals surface area contributed by atoms with Gasteiger partial charge in [0.2, 0.25) is 0 Å². The Bertz CT molecular complexity index is 1670. The highest BCUT2D eigenvalue weighted by atomic mass is 19.2. The Kier molecular flexibility index (Phi) is 5.66. The zero-order valence-electron chi connectivity index (χ0n) is 22.5. The fourth-order valence-electron chi connectivity index (χ4n) is 7.63. The summed E-state index contributed by atoms with van der Waals surface area (Å²) in [6, 6.07) is 8.14. The van der Waals surface area contributed by atoms with Gasteiger partial charge in [-0.2, -0.15) is 4.98 Å². The van der Waals surface area contributed by atoms with Crippen molar-refractivity contribution in [2.75, 3.05) is 37.7 Å². The second kappa shape index (κ2) is 9.22. The number of benzene rings is 2. The summed E-state index contributed by atoms with van der Waals surface area (Å²) in [5, 5.41) is 19.2. The van der Waals surface area contributed by atoms with Crippen LogP contribution in [0, 0.1) is 11.6 Å². The number of nitrogens with one attached hydrogen (secondary N) is 1. The number of hydrogen-bond acceptors (Lipinski definition) is 7. The van der Waals surface area contributed by atoms with E-state index in [2.05, 4.69) is 20.2 Å². The van der Waals surface area contributed by atoms with Crippen LogP contribution in [0.1, 0.15) is 32.1 Å². The van der Waals surface area contributed by atoms with Crippen LogP contribution in [0.15, 0.2) is 36.5 Å². The van der Waals surface area contributed by atoms with Crippen LogP contribution < -0.4 is 15.0 Å². The van der Waals surface area contributed by atoms with Gasteiger partial charge in [0.15, 0.2) is 17.5 Å². The lowest BCUT2D eigenvalue weighted by molar-refractivity contribution is 0.106. The fourth-order valence-corrected chi connectivity index (χ4v) is 7.63. The lowest BCUT2D eigenvalue weighted by atomic mass is 9.95. The van der Waals surface area contributed by atoms with Crippen LogP contribution in [-0.2, 0) is 0 Å². The third-order valence-corrected chi connectivity index (χ3v) is 9.47. The Morgan fingerprint density at radius 3 is 2.76 bits per heavy atom. The van der Waals surface area contributed by atoms with E-state index in [-0.39, 0.29) is 22.7 Å². The van der Waals surface area contributed by atoms with Crippen LogP contribution in [-0.4, -0.2) is 81.2 Å². The second-order valence-corrected chi connectivity index (χ2v) is 12.1. The molecule has 0 aliphatic carbocycles. The number of phenols is 1. The lowest BCUT2D eigenvalue weighted by Gasteiger charge is -2.34. The van der Waals surface area contributed by atoms with Crippen molar-refractivity contribution in [1.82, 2.24) is 24.8 Å². The van der Waals surface area contributed by atoms with Gasteiger partial charge in [0.1, 0.15) is 24.0 Å². The summed E-state index contributed by atoms with van der Waals surface area (Å²) in [5.41, 5.74) is 1.29. The van der Waals surface area contributed by atoms with Crippen LogP contribution in [0.25, 0.3) is 27.4 Å². The average Bonchev–Trinajstić information content (AvgIpc) is 3.70. The van der Waals surface area contributed by atoms with Gasteiger partial charge in [-0.3, -0.25) is 4.90 Å². The Hall–Kier alpha value is -3.57. The highest BCUT2D eigenvalue weighted by molar-refractivity contribution is 5.99. The van der Waals surface area contributed by atoms with Crippen molar-refractivity contribution in [3.63, 3.8) is 0 Å². The first-order valence-electron chi connectivity index (χ1n) is 14.4. The van der Waals surface area contributed by atoms with Crippen LogP contribution in [0.2, 0.25) is 0 Å². The largest absolute Gasteiger partial charge is 0.508 e. The highest BCUT2D eigenvalue weighted by Crippen LogP contribution is 2.41. The molecule has 0 radical (unpaired) electrons. The molecule has 8 rings (SSSR count). The maximum absolute atomic E-state index is 15.1. The monoisotopic (exact) mass is 564 g/mol. The molecular weight excluding hydrogens is 533 g/mol. The summed E-state index contributed by atoms with van der Waals surface area (Å²) in [7, 11) is 0. The van der Waals surface area contributed by atoms with E-state index in [0.29, 0.717) is 59.5 Å². The molecule has 4 fully saturated rings. The second-order valence-electron chi connectivity index (χ2n) is 12.1. The molecule has 4 saturated heterocycles. The summed E-state index contributed by atoms with van der Waals surface area (Å²) >= 11 is 0. The van der Waals surface area contributed by atoms with E-state index in [1.807, 2.05) is 6.07 Å². The molecule has 6 heterocycles. The van der Waals surface area contributed by atoms with Gasteiger partial charge in [-0.15, -0.1) is 5.10 Å². The minimum atomic E-state index is -0.968. The topological polar surface area (TPSA) is 78.2 Å². The number of aromatic nitrogens is 3. The SMILES string of the molecule is Oc1cc(-c2cc3c(N4CC5CCC(C4)N5)nc(OC[C@@]45CCCN4C[C@H](F)C5)nn3c2)c2c(F)c(F)ccc2c1. The van der Waals surface area contributed by atoms with Crippen LogP contribution in [0.5, 0.6) is 11.8 Å². The van der Waals surface area contributed by atoms with Crippen molar-refractivity contribution < 1.29 is 23.0 Å². The molecule has 4 aliphatic rings. The van der Waals surface area contributed by atoms with E-state index in [9.17, 15) is 13.9 Å². The molecule has 0 spiro atoms. The molecule has 2 bridgehead atoms. The third kappa shape index (κ3) is 4.12. The van der Waals surface area contributed by atoms with Crippen molar-refractivity contribution >= 4 is 22.1 Å². The predicted molar refractivity (Wildman–Crippen MR) is 148 cm³/mol. The van der Waals surface area contributed by atoms with Gasteiger partial charge < -0.3 is 20.1 Å². The number of anilines is 1. The standard InChI is InChI=1S/C30H31F3N6O2/c31-19-11-30(6-1-7-38(30)13-19)16-41-29-35-28(37-14-20-3-4-21(15-37)34-20)25-9-18(12-39(25)36-29)23-10-22(40)8-17-2-5-24(32)27(33)26(17)23/h2,5,8-10,12,19-21,34,40H,1,3-4,6-7,11,13-16H2/t19-,20?,21?,30+/m1/s1. The molecule has 0 amide bonds. The van der Waals surface area contributed by atoms with Crippen LogP contribution in [0.3, 0.4) is 0 Å². The van der Waals surface area contributed by atoms with Crippen molar-refractivity contribution in [3.8, 4) is 22.9 Å². The first-order valence-corrected chi connectivity index (χ1v) is 14.4. The highest BCUT2D eigenvalue weighted by Gasteiger charge is 2.49. The summed E-state index contributed by atoms with van der Waals surface area (Å²) in [4.78, 5) is 9.31. The zero-order valence-corrected chi connectivity index (χ0v) is 22.5. The zero-order chi connectivity index (χ0) is 27.9.